The highest BCUT2D eigenvalue weighted by molar-refractivity contribution is 5.94. The van der Waals surface area contributed by atoms with E-state index in [2.05, 4.69) is 16.2 Å². The number of halogens is 2. The van der Waals surface area contributed by atoms with E-state index in [4.69, 9.17) is 0 Å². The largest absolute Gasteiger partial charge is 0.348 e. The first-order valence-corrected chi connectivity index (χ1v) is 7.47. The predicted octanol–water partition coefficient (Wildman–Crippen LogP) is 2.42. The Labute approximate surface area is 143 Å². The first-order chi connectivity index (χ1) is 12.0. The summed E-state index contributed by atoms with van der Waals surface area (Å²) in [5.74, 6) is -2.03. The van der Waals surface area contributed by atoms with Crippen LogP contribution in [-0.2, 0) is 11.3 Å². The number of rotatable bonds is 6. The van der Waals surface area contributed by atoms with Crippen molar-refractivity contribution < 1.29 is 18.4 Å². The molecule has 0 unspecified atom stereocenters. The molecule has 0 bridgehead atoms. The zero-order chi connectivity index (χ0) is 18.2. The third kappa shape index (κ3) is 5.72. The van der Waals surface area contributed by atoms with Crippen molar-refractivity contribution in [1.82, 2.24) is 16.2 Å². The van der Waals surface area contributed by atoms with Gasteiger partial charge in [0, 0.05) is 18.3 Å². The molecule has 0 saturated heterocycles. The Balaban J connectivity index is 1.82. The van der Waals surface area contributed by atoms with E-state index in [-0.39, 0.29) is 17.9 Å². The second-order valence-corrected chi connectivity index (χ2v) is 5.23. The minimum Gasteiger partial charge on any atom is -0.348 e. The molecule has 3 N–H and O–H groups in total. The molecule has 2 amide bonds. The van der Waals surface area contributed by atoms with E-state index in [1.807, 2.05) is 0 Å². The maximum absolute atomic E-state index is 13.5. The van der Waals surface area contributed by atoms with Gasteiger partial charge in [0.25, 0.3) is 5.91 Å². The molecule has 0 atom stereocenters. The van der Waals surface area contributed by atoms with Gasteiger partial charge in [0.15, 0.2) is 0 Å². The van der Waals surface area contributed by atoms with Gasteiger partial charge >= 0.3 is 0 Å². The van der Waals surface area contributed by atoms with Crippen molar-refractivity contribution in [2.45, 2.75) is 13.5 Å². The fourth-order valence-electron chi connectivity index (χ4n) is 1.94. The number of benzene rings is 2. The Bertz CT molecular complexity index is 789. The lowest BCUT2D eigenvalue weighted by Gasteiger charge is -2.09. The van der Waals surface area contributed by atoms with Gasteiger partial charge in [-0.05, 0) is 36.8 Å². The summed E-state index contributed by atoms with van der Waals surface area (Å²) in [5.41, 5.74) is 5.84. The van der Waals surface area contributed by atoms with Crippen molar-refractivity contribution in [1.29, 1.82) is 0 Å². The van der Waals surface area contributed by atoms with E-state index in [1.54, 1.807) is 25.1 Å². The number of nitrogens with one attached hydrogen (secondary N) is 3. The quantitative estimate of drug-likeness (QED) is 0.556. The molecule has 130 valence electrons. The molecule has 0 heterocycles. The van der Waals surface area contributed by atoms with E-state index >= 15 is 0 Å². The van der Waals surface area contributed by atoms with Crippen LogP contribution in [0.2, 0.25) is 0 Å². The molecule has 2 aromatic rings. The van der Waals surface area contributed by atoms with Crippen LogP contribution < -0.4 is 16.2 Å². The zero-order valence-corrected chi connectivity index (χ0v) is 13.5. The Hall–Kier alpha value is -3.22. The van der Waals surface area contributed by atoms with Crippen molar-refractivity contribution in [3.05, 3.63) is 83.1 Å². The molecular formula is C18H17F2N3O2. The molecular weight excluding hydrogens is 328 g/mol. The molecule has 0 saturated carbocycles. The topological polar surface area (TPSA) is 70.2 Å². The molecule has 0 aliphatic heterocycles. The molecule has 0 spiro atoms. The number of allylic oxidation sites excluding steroid dienone is 1. The van der Waals surface area contributed by atoms with Crippen molar-refractivity contribution in [2.75, 3.05) is 0 Å². The second-order valence-electron chi connectivity index (χ2n) is 5.23. The van der Waals surface area contributed by atoms with Crippen LogP contribution in [0.3, 0.4) is 0 Å². The maximum Gasteiger partial charge on any atom is 0.272 e. The van der Waals surface area contributed by atoms with Crippen molar-refractivity contribution >= 4 is 11.8 Å². The molecule has 7 heteroatoms. The summed E-state index contributed by atoms with van der Waals surface area (Å²) in [6.07, 6.45) is 1.24. The Morgan fingerprint density at radius 2 is 1.68 bits per heavy atom. The van der Waals surface area contributed by atoms with Gasteiger partial charge in [0.1, 0.15) is 11.6 Å². The maximum atomic E-state index is 13.5. The lowest BCUT2D eigenvalue weighted by Crippen LogP contribution is -2.37. The normalized spacial score (nSPS) is 10.9. The summed E-state index contributed by atoms with van der Waals surface area (Å²) in [5, 5.41) is 2.63. The molecule has 2 rings (SSSR count). The Morgan fingerprint density at radius 3 is 2.36 bits per heavy atom. The summed E-state index contributed by atoms with van der Waals surface area (Å²) in [4.78, 5) is 23.6. The van der Waals surface area contributed by atoms with Gasteiger partial charge in [0.05, 0.1) is 5.56 Å². The lowest BCUT2D eigenvalue weighted by molar-refractivity contribution is -0.116. The first kappa shape index (κ1) is 18.1. The number of carbonyl (C=O) groups excluding carboxylic acids is 2. The molecule has 0 aliphatic rings. The van der Waals surface area contributed by atoms with E-state index in [0.717, 1.165) is 5.56 Å². The molecule has 0 aliphatic carbocycles. The number of hydrogen-bond acceptors (Lipinski definition) is 3. The molecule has 25 heavy (non-hydrogen) atoms. The van der Waals surface area contributed by atoms with Crippen molar-refractivity contribution in [3.63, 3.8) is 0 Å². The molecule has 5 nitrogen and oxygen atoms in total. The summed E-state index contributed by atoms with van der Waals surface area (Å²) < 4.78 is 26.3. The average Bonchev–Trinajstić information content (AvgIpc) is 2.59. The minimum atomic E-state index is -0.655. The van der Waals surface area contributed by atoms with Gasteiger partial charge < -0.3 is 10.7 Å². The smallest absolute Gasteiger partial charge is 0.272 e. The van der Waals surface area contributed by atoms with Gasteiger partial charge in [0.2, 0.25) is 5.91 Å². The van der Waals surface area contributed by atoms with Crippen molar-refractivity contribution in [2.24, 2.45) is 0 Å². The van der Waals surface area contributed by atoms with Crippen molar-refractivity contribution in [3.8, 4) is 0 Å². The van der Waals surface area contributed by atoms with Gasteiger partial charge in [-0.2, -0.15) is 0 Å². The van der Waals surface area contributed by atoms with E-state index in [9.17, 15) is 18.4 Å². The van der Waals surface area contributed by atoms with Gasteiger partial charge in [-0.25, -0.2) is 8.78 Å². The van der Waals surface area contributed by atoms with Gasteiger partial charge in [-0.3, -0.25) is 15.0 Å². The molecule has 2 aromatic carbocycles. The SMILES string of the molecule is CC(=CC(=O)NCc1ccc(F)cc1)NNC(=O)c1ccccc1F. The molecule has 0 fully saturated rings. The van der Waals surface area contributed by atoms with Crippen LogP contribution in [0.4, 0.5) is 8.78 Å². The molecule has 0 aromatic heterocycles. The van der Waals surface area contributed by atoms with Crippen LogP contribution in [-0.4, -0.2) is 11.8 Å². The number of amides is 2. The fourth-order valence-corrected chi connectivity index (χ4v) is 1.94. The molecule has 0 radical (unpaired) electrons. The first-order valence-electron chi connectivity index (χ1n) is 7.47. The van der Waals surface area contributed by atoms with Crippen LogP contribution in [0.5, 0.6) is 0 Å². The van der Waals surface area contributed by atoms with E-state index < -0.39 is 17.6 Å². The summed E-state index contributed by atoms with van der Waals surface area (Å²) in [6.45, 7) is 1.81. The third-order valence-corrected chi connectivity index (χ3v) is 3.22. The minimum absolute atomic E-state index is 0.108. The highest BCUT2D eigenvalue weighted by Crippen LogP contribution is 2.05. The predicted molar refractivity (Wildman–Crippen MR) is 89.0 cm³/mol. The average molecular weight is 345 g/mol. The van der Waals surface area contributed by atoms with Crippen LogP contribution in [0.1, 0.15) is 22.8 Å². The summed E-state index contributed by atoms with van der Waals surface area (Å²) >= 11 is 0. The zero-order valence-electron chi connectivity index (χ0n) is 13.5. The summed E-state index contributed by atoms with van der Waals surface area (Å²) in [7, 11) is 0. The third-order valence-electron chi connectivity index (χ3n) is 3.22. The Morgan fingerprint density at radius 1 is 1.00 bits per heavy atom. The van der Waals surface area contributed by atoms with Gasteiger partial charge in [-0.1, -0.05) is 24.3 Å². The van der Waals surface area contributed by atoms with Crippen LogP contribution in [0.25, 0.3) is 0 Å². The van der Waals surface area contributed by atoms with Crippen LogP contribution in [0, 0.1) is 11.6 Å². The summed E-state index contributed by atoms with van der Waals surface area (Å²) in [6, 6.07) is 11.3. The van der Waals surface area contributed by atoms with Crippen LogP contribution >= 0.6 is 0 Å². The number of carbonyl (C=O) groups is 2. The second kappa shape index (κ2) is 8.58. The van der Waals surface area contributed by atoms with E-state index in [0.29, 0.717) is 5.70 Å². The standard InChI is InChI=1S/C18H17F2N3O2/c1-12(22-23-18(25)15-4-2-3-5-16(15)20)10-17(24)21-11-13-6-8-14(19)9-7-13/h2-10,22H,11H2,1H3,(H,21,24)(H,23,25). The van der Waals surface area contributed by atoms with Crippen LogP contribution in [0.15, 0.2) is 60.3 Å². The highest BCUT2D eigenvalue weighted by atomic mass is 19.1. The number of hydrazine groups is 1. The fraction of sp³-hybridized carbons (Fsp3) is 0.111. The van der Waals surface area contributed by atoms with Gasteiger partial charge in [-0.15, -0.1) is 0 Å². The monoisotopic (exact) mass is 345 g/mol. The number of hydrogen-bond donors (Lipinski definition) is 3. The Kier molecular flexibility index (Phi) is 6.22. The van der Waals surface area contributed by atoms with E-state index in [1.165, 1.54) is 36.4 Å². The highest BCUT2D eigenvalue weighted by Gasteiger charge is 2.10. The lowest BCUT2D eigenvalue weighted by atomic mass is 10.2.